The fraction of sp³-hybridized carbons (Fsp3) is 0.520. The number of carbonyl (C=O) groups excluding carboxylic acids is 3. The zero-order valence-electron chi connectivity index (χ0n) is 20.9. The van der Waals surface area contributed by atoms with Crippen LogP contribution in [-0.4, -0.2) is 71.8 Å². The van der Waals surface area contributed by atoms with Gasteiger partial charge in [0.05, 0.1) is 19.9 Å². The van der Waals surface area contributed by atoms with Crippen molar-refractivity contribution in [3.63, 3.8) is 0 Å². The summed E-state index contributed by atoms with van der Waals surface area (Å²) in [7, 11) is 1.26. The second-order valence-electron chi connectivity index (χ2n) is 8.82. The number of anilines is 1. The largest absolute Gasteiger partial charge is 0.467 e. The van der Waals surface area contributed by atoms with Gasteiger partial charge >= 0.3 is 5.97 Å². The molecule has 2 aromatic rings. The molecule has 0 fully saturated rings. The number of carbonyl (C=O) groups is 3. The number of hydrogen-bond acceptors (Lipinski definition) is 6. The van der Waals surface area contributed by atoms with Crippen LogP contribution in [0.4, 0.5) is 5.69 Å². The zero-order valence-corrected chi connectivity index (χ0v) is 22.4. The third kappa shape index (κ3) is 9.70. The maximum Gasteiger partial charge on any atom is 0.328 e. The van der Waals surface area contributed by atoms with Gasteiger partial charge in [-0.25, -0.2) is 9.78 Å². The van der Waals surface area contributed by atoms with Gasteiger partial charge in [0.15, 0.2) is 0 Å². The molecule has 0 saturated heterocycles. The third-order valence-electron chi connectivity index (χ3n) is 5.51. The van der Waals surface area contributed by atoms with Crippen molar-refractivity contribution in [3.8, 4) is 0 Å². The quantitative estimate of drug-likeness (QED) is 0.236. The normalized spacial score (nSPS) is 12.6. The van der Waals surface area contributed by atoms with Gasteiger partial charge in [-0.05, 0) is 30.0 Å². The van der Waals surface area contributed by atoms with E-state index in [1.807, 2.05) is 38.1 Å². The van der Waals surface area contributed by atoms with Crippen LogP contribution in [0.3, 0.4) is 0 Å². The fourth-order valence-corrected chi connectivity index (χ4v) is 4.16. The van der Waals surface area contributed by atoms with Gasteiger partial charge in [-0.2, -0.15) is 0 Å². The molecule has 0 aliphatic heterocycles. The van der Waals surface area contributed by atoms with Gasteiger partial charge in [-0.1, -0.05) is 26.0 Å². The first-order valence-electron chi connectivity index (χ1n) is 11.9. The third-order valence-corrected chi connectivity index (χ3v) is 5.85. The second kappa shape index (κ2) is 15.4. The lowest BCUT2D eigenvalue weighted by molar-refractivity contribution is -0.145. The molecule has 2 rings (SSSR count). The summed E-state index contributed by atoms with van der Waals surface area (Å²) in [4.78, 5) is 47.1. The fourth-order valence-electron chi connectivity index (χ4n) is 3.76. The van der Waals surface area contributed by atoms with Crippen LogP contribution in [-0.2, 0) is 32.0 Å². The van der Waals surface area contributed by atoms with Gasteiger partial charge < -0.3 is 25.3 Å². The lowest BCUT2D eigenvalue weighted by Gasteiger charge is -2.24. The molecule has 36 heavy (non-hydrogen) atoms. The number of hydrogen-bond donors (Lipinski definition) is 3. The standard InChI is InChI=1S/C25H35Cl2N5O4/c1-17(2)12-21(24(34)31-22(25(35)36-3)14-19-15-28-16-29-19)30-23(33)13-18-4-6-20(7-5-18)32(10-8-26)11-9-27/h4-7,15-17,21-22H,8-14H2,1-3H3,(H,28,29)(H,30,33)(H,31,34). The molecule has 2 unspecified atom stereocenters. The summed E-state index contributed by atoms with van der Waals surface area (Å²) in [5.41, 5.74) is 2.46. The van der Waals surface area contributed by atoms with Crippen molar-refractivity contribution in [3.05, 3.63) is 48.0 Å². The monoisotopic (exact) mass is 539 g/mol. The zero-order chi connectivity index (χ0) is 26.5. The van der Waals surface area contributed by atoms with E-state index < -0.39 is 24.0 Å². The van der Waals surface area contributed by atoms with Crippen LogP contribution in [0.15, 0.2) is 36.8 Å². The average Bonchev–Trinajstić information content (AvgIpc) is 3.36. The van der Waals surface area contributed by atoms with Crippen LogP contribution >= 0.6 is 23.2 Å². The summed E-state index contributed by atoms with van der Waals surface area (Å²) >= 11 is 11.8. The average molecular weight is 540 g/mol. The van der Waals surface area contributed by atoms with Gasteiger partial charge in [-0.15, -0.1) is 23.2 Å². The molecule has 2 atom stereocenters. The Morgan fingerprint density at radius 3 is 2.25 bits per heavy atom. The first-order chi connectivity index (χ1) is 17.3. The summed E-state index contributed by atoms with van der Waals surface area (Å²) < 4.78 is 4.85. The van der Waals surface area contributed by atoms with E-state index in [0.717, 1.165) is 11.3 Å². The summed E-state index contributed by atoms with van der Waals surface area (Å²) in [6, 6.07) is 5.89. The summed E-state index contributed by atoms with van der Waals surface area (Å²) in [6.45, 7) is 5.27. The Morgan fingerprint density at radius 1 is 1.06 bits per heavy atom. The Labute approximate surface area is 222 Å². The molecule has 198 valence electrons. The molecule has 0 aliphatic carbocycles. The topological polar surface area (TPSA) is 116 Å². The maximum absolute atomic E-state index is 13.1. The smallest absolute Gasteiger partial charge is 0.328 e. The second-order valence-corrected chi connectivity index (χ2v) is 9.58. The first-order valence-corrected chi connectivity index (χ1v) is 12.9. The predicted octanol–water partition coefficient (Wildman–Crippen LogP) is 2.67. The molecule has 9 nitrogen and oxygen atoms in total. The number of H-pyrrole nitrogens is 1. The Morgan fingerprint density at radius 2 is 1.72 bits per heavy atom. The highest BCUT2D eigenvalue weighted by Crippen LogP contribution is 2.16. The van der Waals surface area contributed by atoms with Crippen LogP contribution < -0.4 is 15.5 Å². The molecule has 0 aliphatic rings. The van der Waals surface area contributed by atoms with E-state index in [0.29, 0.717) is 37.0 Å². The van der Waals surface area contributed by atoms with Gasteiger partial charge in [0.25, 0.3) is 0 Å². The molecule has 0 saturated carbocycles. The van der Waals surface area contributed by atoms with Crippen molar-refractivity contribution in [2.45, 2.75) is 45.2 Å². The van der Waals surface area contributed by atoms with Crippen LogP contribution in [0.2, 0.25) is 0 Å². The van der Waals surface area contributed by atoms with E-state index in [2.05, 4.69) is 25.5 Å². The lowest BCUT2D eigenvalue weighted by Crippen LogP contribution is -2.53. The molecule has 3 N–H and O–H groups in total. The van der Waals surface area contributed by atoms with Crippen molar-refractivity contribution in [1.29, 1.82) is 0 Å². The van der Waals surface area contributed by atoms with Gasteiger partial charge in [0.2, 0.25) is 11.8 Å². The Bertz CT molecular complexity index is 948. The first kappa shape index (κ1) is 29.5. The molecular formula is C25H35Cl2N5O4. The minimum atomic E-state index is -0.911. The van der Waals surface area contributed by atoms with Gasteiger partial charge in [-0.3, -0.25) is 9.59 Å². The van der Waals surface area contributed by atoms with Crippen molar-refractivity contribution in [2.75, 3.05) is 36.9 Å². The number of benzene rings is 1. The summed E-state index contributed by atoms with van der Waals surface area (Å²) in [5, 5.41) is 5.55. The van der Waals surface area contributed by atoms with E-state index in [1.54, 1.807) is 6.20 Å². The van der Waals surface area contributed by atoms with Crippen molar-refractivity contribution < 1.29 is 19.1 Å². The van der Waals surface area contributed by atoms with Crippen molar-refractivity contribution in [1.82, 2.24) is 20.6 Å². The number of halogens is 2. The Balaban J connectivity index is 2.04. The van der Waals surface area contributed by atoms with E-state index in [4.69, 9.17) is 27.9 Å². The molecule has 11 heteroatoms. The van der Waals surface area contributed by atoms with Crippen LogP contribution in [0, 0.1) is 5.92 Å². The van der Waals surface area contributed by atoms with Crippen molar-refractivity contribution >= 4 is 46.7 Å². The number of ether oxygens (including phenoxy) is 1. The molecule has 1 heterocycles. The van der Waals surface area contributed by atoms with E-state index in [9.17, 15) is 14.4 Å². The molecule has 0 spiro atoms. The van der Waals surface area contributed by atoms with E-state index >= 15 is 0 Å². The highest BCUT2D eigenvalue weighted by atomic mass is 35.5. The number of esters is 1. The number of amides is 2. The highest BCUT2D eigenvalue weighted by molar-refractivity contribution is 6.18. The van der Waals surface area contributed by atoms with Gasteiger partial charge in [0.1, 0.15) is 12.1 Å². The van der Waals surface area contributed by atoms with Crippen LogP contribution in [0.5, 0.6) is 0 Å². The van der Waals surface area contributed by atoms with Gasteiger partial charge in [0, 0.05) is 48.8 Å². The minimum absolute atomic E-state index is 0.113. The number of methoxy groups -OCH3 is 1. The molecule has 0 radical (unpaired) electrons. The summed E-state index contributed by atoms with van der Waals surface area (Å²) in [6.07, 6.45) is 3.79. The van der Waals surface area contributed by atoms with E-state index in [1.165, 1.54) is 13.4 Å². The van der Waals surface area contributed by atoms with Crippen molar-refractivity contribution in [2.24, 2.45) is 5.92 Å². The number of aromatic amines is 1. The Hall–Kier alpha value is -2.78. The number of aromatic nitrogens is 2. The molecule has 0 bridgehead atoms. The highest BCUT2D eigenvalue weighted by Gasteiger charge is 2.28. The predicted molar refractivity (Wildman–Crippen MR) is 141 cm³/mol. The molecule has 2 amide bonds. The SMILES string of the molecule is COC(=O)C(Cc1cnc[nH]1)NC(=O)C(CC(C)C)NC(=O)Cc1ccc(N(CCCl)CCCl)cc1. The Kier molecular flexibility index (Phi) is 12.6. The number of alkyl halides is 2. The number of nitrogens with one attached hydrogen (secondary N) is 3. The molecular weight excluding hydrogens is 505 g/mol. The lowest BCUT2D eigenvalue weighted by atomic mass is 10.0. The number of imidazole rings is 1. The van der Waals surface area contributed by atoms with E-state index in [-0.39, 0.29) is 24.7 Å². The minimum Gasteiger partial charge on any atom is -0.467 e. The maximum atomic E-state index is 13.1. The number of rotatable bonds is 15. The van der Waals surface area contributed by atoms with Crippen LogP contribution in [0.25, 0.3) is 0 Å². The van der Waals surface area contributed by atoms with Crippen LogP contribution in [0.1, 0.15) is 31.5 Å². The summed E-state index contributed by atoms with van der Waals surface area (Å²) in [5.74, 6) is -0.201. The molecule has 1 aromatic carbocycles. The number of nitrogens with zero attached hydrogens (tertiary/aromatic N) is 2. The molecule has 1 aromatic heterocycles.